The summed E-state index contributed by atoms with van der Waals surface area (Å²) in [4.78, 5) is 22.7. The van der Waals surface area contributed by atoms with Gasteiger partial charge in [0.15, 0.2) is 0 Å². The monoisotopic (exact) mass is 335 g/mol. The molecular weight excluding hydrogens is 320 g/mol. The van der Waals surface area contributed by atoms with Crippen LogP contribution in [-0.4, -0.2) is 36.1 Å². The maximum absolute atomic E-state index is 12.3. The zero-order valence-corrected chi connectivity index (χ0v) is 12.6. The Morgan fingerprint density at radius 2 is 2.09 bits per heavy atom. The summed E-state index contributed by atoms with van der Waals surface area (Å²) in [6, 6.07) is 3.16. The van der Waals surface area contributed by atoms with Crippen molar-refractivity contribution in [1.29, 1.82) is 0 Å². The van der Waals surface area contributed by atoms with Crippen LogP contribution in [-0.2, 0) is 16.0 Å². The minimum atomic E-state index is -2.83. The van der Waals surface area contributed by atoms with E-state index >= 15 is 0 Å². The molecule has 1 aromatic rings. The molecule has 0 heterocycles. The van der Waals surface area contributed by atoms with E-state index in [-0.39, 0.29) is 6.42 Å². The van der Waals surface area contributed by atoms with Crippen molar-refractivity contribution in [3.63, 3.8) is 0 Å². The van der Waals surface area contributed by atoms with E-state index in [1.165, 1.54) is 0 Å². The van der Waals surface area contributed by atoms with Crippen molar-refractivity contribution in [2.75, 3.05) is 6.61 Å². The zero-order chi connectivity index (χ0) is 16.7. The number of aliphatic carboxylic acids is 1. The second-order valence-corrected chi connectivity index (χ2v) is 4.83. The van der Waals surface area contributed by atoms with E-state index in [1.54, 1.807) is 25.1 Å². The normalized spacial score (nSPS) is 12.0. The maximum Gasteiger partial charge on any atom is 0.326 e. The lowest BCUT2D eigenvalue weighted by Crippen LogP contribution is -2.42. The van der Waals surface area contributed by atoms with Gasteiger partial charge in [-0.05, 0) is 13.0 Å². The molecular formula is C14H16ClF2NO4. The highest BCUT2D eigenvalue weighted by Gasteiger charge is 2.24. The smallest absolute Gasteiger partial charge is 0.326 e. The van der Waals surface area contributed by atoms with Crippen LogP contribution in [0.2, 0.25) is 5.02 Å². The molecule has 0 radical (unpaired) electrons. The van der Waals surface area contributed by atoms with Crippen LogP contribution in [0.5, 0.6) is 5.75 Å². The number of carbonyl (C=O) groups excluding carboxylic acids is 1. The van der Waals surface area contributed by atoms with Gasteiger partial charge in [0.2, 0.25) is 12.3 Å². The number of hydrogen-bond donors (Lipinski definition) is 2. The van der Waals surface area contributed by atoms with E-state index in [9.17, 15) is 18.4 Å². The van der Waals surface area contributed by atoms with Gasteiger partial charge >= 0.3 is 5.97 Å². The van der Waals surface area contributed by atoms with E-state index < -0.39 is 30.8 Å². The number of alkyl halides is 2. The van der Waals surface area contributed by atoms with Crippen LogP contribution in [0.25, 0.3) is 0 Å². The van der Waals surface area contributed by atoms with Crippen LogP contribution < -0.4 is 10.1 Å². The fourth-order valence-electron chi connectivity index (χ4n) is 1.82. The molecule has 1 amide bonds. The molecule has 1 aromatic carbocycles. The van der Waals surface area contributed by atoms with Crippen molar-refractivity contribution in [2.45, 2.75) is 32.2 Å². The predicted molar refractivity (Wildman–Crippen MR) is 76.5 cm³/mol. The molecule has 0 bridgehead atoms. The van der Waals surface area contributed by atoms with Gasteiger partial charge in [-0.3, -0.25) is 4.79 Å². The lowest BCUT2D eigenvalue weighted by Gasteiger charge is -2.15. The summed E-state index contributed by atoms with van der Waals surface area (Å²) in [5.41, 5.74) is 0.452. The molecule has 1 unspecified atom stereocenters. The Bertz CT molecular complexity index is 540. The first kappa shape index (κ1) is 18.2. The van der Waals surface area contributed by atoms with Crippen LogP contribution in [0.3, 0.4) is 0 Å². The Morgan fingerprint density at radius 3 is 2.64 bits per heavy atom. The maximum atomic E-state index is 12.3. The van der Waals surface area contributed by atoms with Crippen molar-refractivity contribution in [3.8, 4) is 5.75 Å². The van der Waals surface area contributed by atoms with Crippen molar-refractivity contribution >= 4 is 23.5 Å². The summed E-state index contributed by atoms with van der Waals surface area (Å²) in [7, 11) is 0. The molecule has 0 saturated carbocycles. The minimum Gasteiger partial charge on any atom is -0.492 e. The number of amides is 1. The topological polar surface area (TPSA) is 75.6 Å². The van der Waals surface area contributed by atoms with Crippen molar-refractivity contribution in [2.24, 2.45) is 0 Å². The highest BCUT2D eigenvalue weighted by atomic mass is 35.5. The Hall–Kier alpha value is -1.89. The Balaban J connectivity index is 2.80. The number of carboxylic acids is 1. The van der Waals surface area contributed by atoms with Gasteiger partial charge in [-0.2, -0.15) is 0 Å². The Labute approximate surface area is 131 Å². The van der Waals surface area contributed by atoms with Crippen LogP contribution in [0, 0.1) is 0 Å². The number of halogens is 3. The Kier molecular flexibility index (Phi) is 7.04. The van der Waals surface area contributed by atoms with E-state index in [2.05, 4.69) is 5.32 Å². The van der Waals surface area contributed by atoms with E-state index in [1.807, 2.05) is 0 Å². The van der Waals surface area contributed by atoms with E-state index in [0.717, 1.165) is 0 Å². The molecule has 0 aliphatic rings. The minimum absolute atomic E-state index is 0.219. The number of hydrogen-bond acceptors (Lipinski definition) is 3. The third-order valence-electron chi connectivity index (χ3n) is 2.74. The highest BCUT2D eigenvalue weighted by molar-refractivity contribution is 6.32. The molecule has 2 N–H and O–H groups in total. The van der Waals surface area contributed by atoms with Gasteiger partial charge in [0.25, 0.3) is 0 Å². The summed E-state index contributed by atoms with van der Waals surface area (Å²) < 4.78 is 29.9. The third kappa shape index (κ3) is 5.48. The molecule has 8 heteroatoms. The number of para-hydroxylation sites is 1. The van der Waals surface area contributed by atoms with Gasteiger partial charge in [-0.25, -0.2) is 13.6 Å². The number of carboxylic acid groups (broad SMARTS) is 1. The summed E-state index contributed by atoms with van der Waals surface area (Å²) in [5.74, 6) is -1.89. The second kappa shape index (κ2) is 8.53. The fourth-order valence-corrected chi connectivity index (χ4v) is 2.07. The average Bonchev–Trinajstić information content (AvgIpc) is 2.41. The molecule has 0 fully saturated rings. The van der Waals surface area contributed by atoms with Crippen LogP contribution >= 0.6 is 11.6 Å². The first-order valence-corrected chi connectivity index (χ1v) is 6.93. The van der Waals surface area contributed by atoms with Gasteiger partial charge in [0.05, 0.1) is 18.1 Å². The Morgan fingerprint density at radius 1 is 1.41 bits per heavy atom. The van der Waals surface area contributed by atoms with Gasteiger partial charge in [0.1, 0.15) is 11.8 Å². The third-order valence-corrected chi connectivity index (χ3v) is 3.03. The molecule has 1 atom stereocenters. The zero-order valence-electron chi connectivity index (χ0n) is 11.8. The second-order valence-electron chi connectivity index (χ2n) is 4.42. The lowest BCUT2D eigenvalue weighted by atomic mass is 10.1. The van der Waals surface area contributed by atoms with Crippen molar-refractivity contribution in [1.82, 2.24) is 5.32 Å². The van der Waals surface area contributed by atoms with E-state index in [4.69, 9.17) is 21.4 Å². The van der Waals surface area contributed by atoms with Crippen molar-refractivity contribution < 1.29 is 28.2 Å². The average molecular weight is 336 g/mol. The fraction of sp³-hybridized carbons (Fsp3) is 0.429. The highest BCUT2D eigenvalue weighted by Crippen LogP contribution is 2.29. The van der Waals surface area contributed by atoms with Crippen LogP contribution in [0.1, 0.15) is 18.9 Å². The van der Waals surface area contributed by atoms with Crippen molar-refractivity contribution in [3.05, 3.63) is 28.8 Å². The van der Waals surface area contributed by atoms with Gasteiger partial charge < -0.3 is 15.2 Å². The van der Waals surface area contributed by atoms with Crippen LogP contribution in [0.15, 0.2) is 18.2 Å². The van der Waals surface area contributed by atoms with Gasteiger partial charge in [-0.15, -0.1) is 0 Å². The van der Waals surface area contributed by atoms with Crippen LogP contribution in [0.4, 0.5) is 8.78 Å². The molecule has 0 aliphatic heterocycles. The number of benzene rings is 1. The molecule has 0 spiro atoms. The predicted octanol–water partition coefficient (Wildman–Crippen LogP) is 2.51. The number of ether oxygens (including phenoxy) is 1. The molecule has 22 heavy (non-hydrogen) atoms. The molecule has 0 aromatic heterocycles. The first-order valence-electron chi connectivity index (χ1n) is 6.55. The molecule has 1 rings (SSSR count). The first-order chi connectivity index (χ1) is 10.3. The standard InChI is InChI=1S/C14H16ClF2NO4/c1-2-22-13-8(4-3-5-9(13)15)6-12(19)18-10(14(20)21)7-11(16)17/h3-5,10-11H,2,6-7H2,1H3,(H,18,19)(H,20,21). The SMILES string of the molecule is CCOc1c(Cl)cccc1CC(=O)NC(CC(F)F)C(=O)O. The molecule has 0 aliphatic carbocycles. The molecule has 0 saturated heterocycles. The molecule has 122 valence electrons. The summed E-state index contributed by atoms with van der Waals surface area (Å²) in [6.07, 6.45) is -4.00. The number of nitrogens with one attached hydrogen (secondary N) is 1. The molecule has 5 nitrogen and oxygen atoms in total. The summed E-state index contributed by atoms with van der Waals surface area (Å²) in [6.45, 7) is 2.08. The number of carbonyl (C=O) groups is 2. The van der Waals surface area contributed by atoms with E-state index in [0.29, 0.717) is 22.9 Å². The number of rotatable bonds is 8. The largest absolute Gasteiger partial charge is 0.492 e. The van der Waals surface area contributed by atoms with Gasteiger partial charge in [0, 0.05) is 12.0 Å². The summed E-state index contributed by atoms with van der Waals surface area (Å²) in [5, 5.41) is 11.2. The summed E-state index contributed by atoms with van der Waals surface area (Å²) >= 11 is 5.97. The lowest BCUT2D eigenvalue weighted by molar-refractivity contribution is -0.142. The quantitative estimate of drug-likeness (QED) is 0.765. The van der Waals surface area contributed by atoms with Gasteiger partial charge in [-0.1, -0.05) is 23.7 Å².